The normalized spacial score (nSPS) is 25.8. The summed E-state index contributed by atoms with van der Waals surface area (Å²) in [7, 11) is -16.6. The summed E-state index contributed by atoms with van der Waals surface area (Å²) in [6.07, 6.45) is -1.05. The number of phosphoric ester groups is 1. The molecule has 2 rings (SSSR count). The minimum atomic E-state index is -5.69. The molecular formula is C9H15N6O12P3. The highest BCUT2D eigenvalue weighted by Gasteiger charge is 2.43. The number of hydrogen-bond donors (Lipinski definition) is 5. The van der Waals surface area contributed by atoms with E-state index in [-0.39, 0.29) is 12.2 Å². The van der Waals surface area contributed by atoms with Crippen molar-refractivity contribution < 1.29 is 51.2 Å². The van der Waals surface area contributed by atoms with Gasteiger partial charge in [0.1, 0.15) is 12.0 Å². The second-order valence-corrected chi connectivity index (χ2v) is 9.99. The van der Waals surface area contributed by atoms with Crippen molar-refractivity contribution in [1.82, 2.24) is 9.55 Å². The van der Waals surface area contributed by atoms with Crippen molar-refractivity contribution in [1.29, 1.82) is 0 Å². The summed E-state index contributed by atoms with van der Waals surface area (Å²) in [5, 5.41) is 3.42. The molecule has 0 aliphatic carbocycles. The molecule has 1 fully saturated rings. The summed E-state index contributed by atoms with van der Waals surface area (Å²) in [4.78, 5) is 53.6. The topological polar surface area (TPSA) is 279 Å². The smallest absolute Gasteiger partial charge is 0.383 e. The fraction of sp³-hybridized carbons (Fsp3) is 0.556. The summed E-state index contributed by atoms with van der Waals surface area (Å²) in [5.74, 6) is -0.0509. The average molecular weight is 492 g/mol. The molecule has 1 saturated heterocycles. The van der Waals surface area contributed by atoms with E-state index in [2.05, 4.69) is 28.2 Å². The van der Waals surface area contributed by atoms with Crippen LogP contribution >= 0.6 is 23.5 Å². The lowest BCUT2D eigenvalue weighted by molar-refractivity contribution is -0.0266. The molecule has 0 saturated carbocycles. The second kappa shape index (κ2) is 9.24. The van der Waals surface area contributed by atoms with Crippen molar-refractivity contribution in [2.24, 2.45) is 5.11 Å². The summed E-state index contributed by atoms with van der Waals surface area (Å²) in [6.45, 7) is -0.846. The summed E-state index contributed by atoms with van der Waals surface area (Å²) in [6, 6.07) is 0.295. The van der Waals surface area contributed by atoms with Gasteiger partial charge in [-0.25, -0.2) is 18.5 Å². The Morgan fingerprint density at radius 3 is 2.53 bits per heavy atom. The van der Waals surface area contributed by atoms with Crippen LogP contribution in [0.3, 0.4) is 0 Å². The number of nitrogens with zero attached hydrogens (tertiary/aromatic N) is 5. The molecule has 30 heavy (non-hydrogen) atoms. The maximum atomic E-state index is 11.9. The number of nitrogen functional groups attached to an aromatic ring is 1. The Hall–Kier alpha value is -1.64. The number of hydrogen-bond acceptors (Lipinski definition) is 11. The van der Waals surface area contributed by atoms with Crippen molar-refractivity contribution in [2.75, 3.05) is 12.3 Å². The van der Waals surface area contributed by atoms with Gasteiger partial charge >= 0.3 is 29.2 Å². The predicted molar refractivity (Wildman–Crippen MR) is 94.2 cm³/mol. The SMILES string of the molecule is [N-]=[N+]=N[C@H]1C[C@H](n2ccc(N)nc2=O)O[C@@H]1COP(=O)(O)OP(=O)(O)OP(=O)(O)O. The molecule has 18 nitrogen and oxygen atoms in total. The van der Waals surface area contributed by atoms with Crippen LogP contribution in [0.15, 0.2) is 22.2 Å². The molecule has 1 aliphatic heterocycles. The van der Waals surface area contributed by atoms with Crippen molar-refractivity contribution in [3.63, 3.8) is 0 Å². The first-order valence-corrected chi connectivity index (χ1v) is 12.1. The molecule has 2 heterocycles. The van der Waals surface area contributed by atoms with E-state index in [4.69, 9.17) is 30.7 Å². The average Bonchev–Trinajstić information content (AvgIpc) is 2.92. The van der Waals surface area contributed by atoms with Crippen LogP contribution in [0, 0.1) is 0 Å². The van der Waals surface area contributed by atoms with E-state index in [1.807, 2.05) is 0 Å². The van der Waals surface area contributed by atoms with E-state index in [0.717, 1.165) is 4.57 Å². The lowest BCUT2D eigenvalue weighted by Crippen LogP contribution is -2.28. The minimum Gasteiger partial charge on any atom is -0.383 e. The van der Waals surface area contributed by atoms with Gasteiger partial charge in [-0.05, 0) is 11.6 Å². The van der Waals surface area contributed by atoms with Crippen LogP contribution in [0.1, 0.15) is 12.6 Å². The van der Waals surface area contributed by atoms with Gasteiger partial charge in [0.2, 0.25) is 0 Å². The minimum absolute atomic E-state index is 0.0509. The first kappa shape index (κ1) is 24.6. The third-order valence-corrected chi connectivity index (χ3v) is 7.19. The molecule has 0 spiro atoms. The largest absolute Gasteiger partial charge is 0.490 e. The number of aromatic nitrogens is 2. The monoisotopic (exact) mass is 492 g/mol. The third-order valence-electron chi connectivity index (χ3n) is 3.38. The van der Waals surface area contributed by atoms with Gasteiger partial charge in [0, 0.05) is 17.5 Å². The standard InChI is InChI=1S/C9H15N6O12P3/c10-7-1-2-15(9(16)12-7)8-3-5(13-14-11)6(25-8)4-24-29(20,21)27-30(22,23)26-28(17,18)19/h1-2,5-6,8H,3-4H2,(H,20,21)(H,22,23)(H2,10,12,16)(H2,17,18,19)/t5-,6+,8+/m0/s1. The molecule has 0 radical (unpaired) electrons. The molecule has 21 heteroatoms. The van der Waals surface area contributed by atoms with Gasteiger partial charge in [-0.3, -0.25) is 9.09 Å². The highest BCUT2D eigenvalue weighted by atomic mass is 31.3. The third kappa shape index (κ3) is 7.25. The van der Waals surface area contributed by atoms with Gasteiger partial charge in [0.25, 0.3) is 0 Å². The molecule has 0 aromatic carbocycles. The van der Waals surface area contributed by atoms with Crippen LogP contribution < -0.4 is 11.4 Å². The highest BCUT2D eigenvalue weighted by molar-refractivity contribution is 7.66. The summed E-state index contributed by atoms with van der Waals surface area (Å²) < 4.78 is 51.8. The van der Waals surface area contributed by atoms with E-state index in [0.29, 0.717) is 0 Å². The number of nitrogens with two attached hydrogens (primary N) is 1. The lowest BCUT2D eigenvalue weighted by atomic mass is 10.1. The molecule has 1 aliphatic rings. The van der Waals surface area contributed by atoms with Gasteiger partial charge in [-0.1, -0.05) is 5.11 Å². The van der Waals surface area contributed by atoms with Crippen molar-refractivity contribution in [3.8, 4) is 0 Å². The van der Waals surface area contributed by atoms with E-state index in [1.54, 1.807) is 0 Å². The molecule has 0 bridgehead atoms. The van der Waals surface area contributed by atoms with Crippen LogP contribution in [0.4, 0.5) is 5.82 Å². The molecule has 168 valence electrons. The van der Waals surface area contributed by atoms with E-state index >= 15 is 0 Å². The van der Waals surface area contributed by atoms with Crippen LogP contribution in [0.5, 0.6) is 0 Å². The van der Waals surface area contributed by atoms with E-state index < -0.39 is 54.1 Å². The Kier molecular flexibility index (Phi) is 7.59. The fourth-order valence-electron chi connectivity index (χ4n) is 2.34. The van der Waals surface area contributed by atoms with Gasteiger partial charge in [0.15, 0.2) is 0 Å². The Morgan fingerprint density at radius 2 is 1.97 bits per heavy atom. The van der Waals surface area contributed by atoms with Crippen LogP contribution in [-0.4, -0.2) is 47.9 Å². The molecule has 2 unspecified atom stereocenters. The van der Waals surface area contributed by atoms with Crippen LogP contribution in [0.25, 0.3) is 10.4 Å². The maximum absolute atomic E-state index is 11.9. The first-order valence-electron chi connectivity index (χ1n) is 7.54. The molecular weight excluding hydrogens is 477 g/mol. The zero-order chi connectivity index (χ0) is 22.7. The van der Waals surface area contributed by atoms with Gasteiger partial charge in [-0.15, -0.1) is 0 Å². The van der Waals surface area contributed by atoms with Crippen LogP contribution in [-0.2, 0) is 31.6 Å². The molecule has 0 amide bonds. The Labute approximate surface area is 166 Å². The quantitative estimate of drug-likeness (QED) is 0.133. The number of phosphoric acid groups is 3. The number of anilines is 1. The Morgan fingerprint density at radius 1 is 1.30 bits per heavy atom. The first-order chi connectivity index (χ1) is 13.7. The number of ether oxygens (including phenoxy) is 1. The number of rotatable bonds is 9. The summed E-state index contributed by atoms with van der Waals surface area (Å²) in [5.41, 5.74) is 13.3. The van der Waals surface area contributed by atoms with Crippen LogP contribution in [0.2, 0.25) is 0 Å². The van der Waals surface area contributed by atoms with Crippen molar-refractivity contribution >= 4 is 29.3 Å². The van der Waals surface area contributed by atoms with Gasteiger partial charge in [0.05, 0.1) is 18.8 Å². The van der Waals surface area contributed by atoms with E-state index in [9.17, 15) is 23.4 Å². The lowest BCUT2D eigenvalue weighted by Gasteiger charge is -2.19. The van der Waals surface area contributed by atoms with Crippen molar-refractivity contribution in [2.45, 2.75) is 24.8 Å². The predicted octanol–water partition coefficient (Wildman–Crippen LogP) is 0.135. The molecule has 1 aromatic heterocycles. The Balaban J connectivity index is 2.09. The maximum Gasteiger partial charge on any atom is 0.490 e. The van der Waals surface area contributed by atoms with E-state index in [1.165, 1.54) is 12.3 Å². The highest BCUT2D eigenvalue weighted by Crippen LogP contribution is 2.66. The van der Waals surface area contributed by atoms with Gasteiger partial charge in [-0.2, -0.15) is 13.6 Å². The molecule has 6 N–H and O–H groups in total. The summed E-state index contributed by atoms with van der Waals surface area (Å²) >= 11 is 0. The Bertz CT molecular complexity index is 1030. The fourth-order valence-corrected chi connectivity index (χ4v) is 5.37. The molecule has 1 aromatic rings. The second-order valence-electron chi connectivity index (χ2n) is 5.57. The number of azide groups is 1. The molecule has 5 atom stereocenters. The zero-order valence-electron chi connectivity index (χ0n) is 14.5. The van der Waals surface area contributed by atoms with Gasteiger partial charge < -0.3 is 30.0 Å². The van der Waals surface area contributed by atoms with Crippen molar-refractivity contribution in [3.05, 3.63) is 33.2 Å². The zero-order valence-corrected chi connectivity index (χ0v) is 17.2.